The minimum atomic E-state index is -1.68. The van der Waals surface area contributed by atoms with Crippen LogP contribution in [0.4, 0.5) is 0 Å². The fourth-order valence-electron chi connectivity index (χ4n) is 6.42. The molecule has 0 aliphatic rings. The molecule has 3 aromatic heterocycles. The monoisotopic (exact) mass is 899 g/mol. The van der Waals surface area contributed by atoms with Gasteiger partial charge < -0.3 is 14.4 Å². The van der Waals surface area contributed by atoms with Crippen molar-refractivity contribution in [3.05, 3.63) is 174 Å². The van der Waals surface area contributed by atoms with E-state index in [1.165, 1.54) is 10.8 Å². The van der Waals surface area contributed by atoms with Crippen LogP contribution in [0.2, 0.25) is 19.6 Å². The standard InChI is InChI=1S/C25H15N2O.C23H26NSi.Ir/c26-16-19-10-11-20(25-24(19)21-8-4-5-9-23(21)28-25)22-15-18(12-13-27-22)14-17-6-2-1-3-7-17;1-17(2)21-15-22(24-16-23(21)25(3,4)5)20-13-9-12-19(14-20)18-10-7-6-8-11-18;/h1-10,12-13,15H,14H2;6-12,14-17H,1-5H3;/q2*-1;/i14D2;17D;. The molecule has 0 spiro atoms. The summed E-state index contributed by atoms with van der Waals surface area (Å²) in [5.41, 5.74) is 9.17. The summed E-state index contributed by atoms with van der Waals surface area (Å²) in [5, 5.41) is 12.4. The molecule has 269 valence electrons. The van der Waals surface area contributed by atoms with Gasteiger partial charge in [0.1, 0.15) is 5.58 Å². The van der Waals surface area contributed by atoms with Crippen molar-refractivity contribution in [3.63, 3.8) is 0 Å². The van der Waals surface area contributed by atoms with Crippen LogP contribution in [0.1, 0.15) is 46.1 Å². The molecule has 0 atom stereocenters. The topological polar surface area (TPSA) is 62.7 Å². The van der Waals surface area contributed by atoms with Gasteiger partial charge in [-0.1, -0.05) is 136 Å². The van der Waals surface area contributed by atoms with Gasteiger partial charge in [-0.3, -0.25) is 0 Å². The third kappa shape index (κ3) is 8.35. The largest absolute Gasteiger partial charge is 0.501 e. The normalized spacial score (nSPS) is 12.4. The number of nitriles is 1. The average molecular weight is 899 g/mol. The quantitative estimate of drug-likeness (QED) is 0.118. The van der Waals surface area contributed by atoms with Gasteiger partial charge in [-0.05, 0) is 68.6 Å². The summed E-state index contributed by atoms with van der Waals surface area (Å²) in [5.74, 6) is -0.648. The summed E-state index contributed by atoms with van der Waals surface area (Å²) in [7, 11) is -1.57. The molecule has 8 rings (SSSR count). The second-order valence-corrected chi connectivity index (χ2v) is 19.2. The summed E-state index contributed by atoms with van der Waals surface area (Å²) in [6.45, 7) is 10.8. The third-order valence-electron chi connectivity index (χ3n) is 9.09. The van der Waals surface area contributed by atoms with E-state index in [4.69, 9.17) is 13.5 Å². The Morgan fingerprint density at radius 1 is 0.815 bits per heavy atom. The van der Waals surface area contributed by atoms with Crippen molar-refractivity contribution in [2.75, 3.05) is 0 Å². The second-order valence-electron chi connectivity index (χ2n) is 14.1. The molecule has 1 radical (unpaired) electrons. The molecule has 0 amide bonds. The number of pyridine rings is 2. The molecule has 3 heterocycles. The summed E-state index contributed by atoms with van der Waals surface area (Å²) in [4.78, 5) is 9.20. The molecule has 0 saturated carbocycles. The number of fused-ring (bicyclic) bond motifs is 3. The maximum Gasteiger partial charge on any atom is 0.120 e. The van der Waals surface area contributed by atoms with Gasteiger partial charge in [0.2, 0.25) is 0 Å². The molecule has 0 bridgehead atoms. The number of benzene rings is 5. The molecular weight excluding hydrogens is 855 g/mol. The van der Waals surface area contributed by atoms with Crippen LogP contribution < -0.4 is 5.19 Å². The number of hydrogen-bond acceptors (Lipinski definition) is 4. The van der Waals surface area contributed by atoms with E-state index >= 15 is 0 Å². The van der Waals surface area contributed by atoms with Crippen LogP contribution >= 0.6 is 0 Å². The molecule has 4 nitrogen and oxygen atoms in total. The van der Waals surface area contributed by atoms with Crippen molar-refractivity contribution >= 4 is 35.2 Å². The van der Waals surface area contributed by atoms with Gasteiger partial charge in [0.05, 0.1) is 13.7 Å². The SMILES string of the molecule is [2H]C(C)(C)c1cc(-c2[c-]ccc(-c3ccccc3)c2)ncc1[Si](C)(C)C.[2H]C([2H])(c1ccccc1)c1ccnc(-c2[c-]cc(C#N)c3c2oc2ccccc23)c1.[Ir]. The van der Waals surface area contributed by atoms with Crippen LogP contribution in [0.3, 0.4) is 0 Å². The number of para-hydroxylation sites is 1. The van der Waals surface area contributed by atoms with E-state index in [9.17, 15) is 5.26 Å². The first-order chi connectivity index (χ1) is 26.8. The number of hydrogen-bond donors (Lipinski definition) is 0. The van der Waals surface area contributed by atoms with E-state index in [0.29, 0.717) is 39.1 Å². The fourth-order valence-corrected chi connectivity index (χ4v) is 8.00. The second kappa shape index (κ2) is 16.7. The Morgan fingerprint density at radius 3 is 2.26 bits per heavy atom. The molecule has 0 saturated heterocycles. The van der Waals surface area contributed by atoms with Crippen molar-refractivity contribution in [2.24, 2.45) is 0 Å². The molecule has 8 aromatic rings. The predicted molar refractivity (Wildman–Crippen MR) is 221 cm³/mol. The Hall–Kier alpha value is -5.44. The van der Waals surface area contributed by atoms with E-state index < -0.39 is 20.3 Å². The van der Waals surface area contributed by atoms with E-state index in [1.54, 1.807) is 36.5 Å². The number of furan rings is 1. The minimum Gasteiger partial charge on any atom is -0.501 e. The summed E-state index contributed by atoms with van der Waals surface area (Å²) in [6, 6.07) is 48.9. The van der Waals surface area contributed by atoms with Crippen molar-refractivity contribution in [2.45, 2.75) is 45.8 Å². The molecule has 5 aromatic carbocycles. The van der Waals surface area contributed by atoms with Crippen LogP contribution in [0.5, 0.6) is 0 Å². The Labute approximate surface area is 337 Å². The summed E-state index contributed by atoms with van der Waals surface area (Å²) < 4.78 is 32.0. The van der Waals surface area contributed by atoms with E-state index in [-0.39, 0.29) is 20.1 Å². The van der Waals surface area contributed by atoms with Crippen LogP contribution in [0.25, 0.3) is 55.6 Å². The molecule has 0 N–H and O–H groups in total. The Bertz CT molecular complexity index is 2720. The van der Waals surface area contributed by atoms with Crippen molar-refractivity contribution in [1.82, 2.24) is 9.97 Å². The smallest absolute Gasteiger partial charge is 0.120 e. The Balaban J connectivity index is 0.000000192. The zero-order valence-corrected chi connectivity index (χ0v) is 34.3. The van der Waals surface area contributed by atoms with Crippen molar-refractivity contribution in [3.8, 4) is 39.7 Å². The molecule has 6 heteroatoms. The predicted octanol–water partition coefficient (Wildman–Crippen LogP) is 11.8. The molecular formula is C48H41IrN3OSi-2. The van der Waals surface area contributed by atoms with Crippen LogP contribution in [-0.4, -0.2) is 18.0 Å². The summed E-state index contributed by atoms with van der Waals surface area (Å²) >= 11 is 0. The van der Waals surface area contributed by atoms with Gasteiger partial charge in [0.25, 0.3) is 0 Å². The van der Waals surface area contributed by atoms with Gasteiger partial charge in [-0.2, -0.15) is 0 Å². The summed E-state index contributed by atoms with van der Waals surface area (Å²) in [6.07, 6.45) is 1.90. The van der Waals surface area contributed by atoms with E-state index in [0.717, 1.165) is 33.2 Å². The first-order valence-electron chi connectivity index (χ1n) is 19.1. The van der Waals surface area contributed by atoms with Gasteiger partial charge in [-0.25, -0.2) is 5.26 Å². The maximum absolute atomic E-state index is 9.57. The van der Waals surface area contributed by atoms with Gasteiger partial charge >= 0.3 is 0 Å². The van der Waals surface area contributed by atoms with Crippen LogP contribution in [0, 0.1) is 23.5 Å². The van der Waals surface area contributed by atoms with Gasteiger partial charge in [0.15, 0.2) is 0 Å². The van der Waals surface area contributed by atoms with Crippen molar-refractivity contribution in [1.29, 1.82) is 5.26 Å². The maximum atomic E-state index is 9.57. The molecule has 0 unspecified atom stereocenters. The molecule has 54 heavy (non-hydrogen) atoms. The zero-order valence-electron chi connectivity index (χ0n) is 33.9. The third-order valence-corrected chi connectivity index (χ3v) is 11.1. The minimum absolute atomic E-state index is 0. The van der Waals surface area contributed by atoms with Crippen molar-refractivity contribution < 1.29 is 28.6 Å². The number of aromatic nitrogens is 2. The first kappa shape index (κ1) is 34.3. The first-order valence-corrected chi connectivity index (χ1v) is 21.1. The fraction of sp³-hybridized carbons (Fsp3) is 0.146. The zero-order chi connectivity index (χ0) is 39.7. The van der Waals surface area contributed by atoms with Crippen LogP contribution in [-0.2, 0) is 26.5 Å². The van der Waals surface area contributed by atoms with Gasteiger partial charge in [0, 0.05) is 48.1 Å². The average Bonchev–Trinajstić information content (AvgIpc) is 3.61. The molecule has 0 aliphatic carbocycles. The van der Waals surface area contributed by atoms with Gasteiger partial charge in [-0.15, -0.1) is 47.5 Å². The molecule has 0 aliphatic heterocycles. The Kier molecular flexibility index (Phi) is 10.6. The van der Waals surface area contributed by atoms with Crippen LogP contribution in [0.15, 0.2) is 144 Å². The Morgan fingerprint density at radius 2 is 1.54 bits per heavy atom. The number of nitrogens with zero attached hydrogens (tertiary/aromatic N) is 3. The van der Waals surface area contributed by atoms with E-state index in [2.05, 4.69) is 73.2 Å². The van der Waals surface area contributed by atoms with E-state index in [1.807, 2.05) is 86.8 Å². The number of rotatable bonds is 7. The molecule has 0 fully saturated rings.